The summed E-state index contributed by atoms with van der Waals surface area (Å²) in [4.78, 5) is 2.03. The molecular formula is C22H26N4O2S2. The van der Waals surface area contributed by atoms with Crippen molar-refractivity contribution in [2.75, 3.05) is 18.6 Å². The van der Waals surface area contributed by atoms with Crippen molar-refractivity contribution < 1.29 is 8.42 Å². The van der Waals surface area contributed by atoms with Gasteiger partial charge in [-0.1, -0.05) is 47.5 Å². The fraction of sp³-hybridized carbons (Fsp3) is 0.364. The van der Waals surface area contributed by atoms with Crippen LogP contribution in [0.4, 0.5) is 0 Å². The maximum atomic E-state index is 11.9. The largest absolute Gasteiger partial charge is 0.283 e. The standard InChI is InChI=1S/C22H26N4O2S2/c1-16-4-8-18(9-5-16)21-23-25(15-24(3)20-12-13-30(27,28)14-20)22(29)26(21)19-10-6-17(2)7-11-19/h4-11,20H,12-15H2,1-3H3. The lowest BCUT2D eigenvalue weighted by Gasteiger charge is -2.22. The first-order chi connectivity index (χ1) is 14.2. The first-order valence-corrected chi connectivity index (χ1v) is 12.2. The molecule has 2 aromatic carbocycles. The van der Waals surface area contributed by atoms with Crippen LogP contribution < -0.4 is 0 Å². The Morgan fingerprint density at radius 2 is 1.67 bits per heavy atom. The van der Waals surface area contributed by atoms with Crippen LogP contribution in [-0.4, -0.2) is 52.3 Å². The molecule has 1 aliphatic heterocycles. The summed E-state index contributed by atoms with van der Waals surface area (Å²) in [5, 5.41) is 4.84. The third-order valence-electron chi connectivity index (χ3n) is 5.63. The van der Waals surface area contributed by atoms with E-state index in [2.05, 4.69) is 50.2 Å². The number of nitrogens with zero attached hydrogens (tertiary/aromatic N) is 4. The van der Waals surface area contributed by atoms with Crippen LogP contribution in [-0.2, 0) is 16.5 Å². The zero-order valence-corrected chi connectivity index (χ0v) is 19.1. The van der Waals surface area contributed by atoms with Gasteiger partial charge in [0.1, 0.15) is 0 Å². The number of rotatable bonds is 5. The van der Waals surface area contributed by atoms with E-state index in [9.17, 15) is 8.42 Å². The van der Waals surface area contributed by atoms with Gasteiger partial charge in [0, 0.05) is 17.3 Å². The molecule has 2 heterocycles. The molecule has 0 bridgehead atoms. The highest BCUT2D eigenvalue weighted by molar-refractivity contribution is 7.91. The maximum absolute atomic E-state index is 11.9. The molecule has 4 rings (SSSR count). The Balaban J connectivity index is 1.75. The van der Waals surface area contributed by atoms with Crippen LogP contribution in [0.2, 0.25) is 0 Å². The SMILES string of the molecule is Cc1ccc(-c2nn(CN(C)C3CCS(=O)(=O)C3)c(=S)n2-c2ccc(C)cc2)cc1. The molecule has 0 aliphatic carbocycles. The van der Waals surface area contributed by atoms with Gasteiger partial charge in [0.2, 0.25) is 4.77 Å². The lowest BCUT2D eigenvalue weighted by molar-refractivity contribution is 0.196. The van der Waals surface area contributed by atoms with Gasteiger partial charge < -0.3 is 0 Å². The highest BCUT2D eigenvalue weighted by Crippen LogP contribution is 2.24. The van der Waals surface area contributed by atoms with Crippen molar-refractivity contribution in [1.29, 1.82) is 0 Å². The van der Waals surface area contributed by atoms with Crippen LogP contribution in [0.15, 0.2) is 48.5 Å². The summed E-state index contributed by atoms with van der Waals surface area (Å²) >= 11 is 5.81. The highest BCUT2D eigenvalue weighted by Gasteiger charge is 2.31. The zero-order chi connectivity index (χ0) is 21.5. The highest BCUT2D eigenvalue weighted by atomic mass is 32.2. The Morgan fingerprint density at radius 1 is 1.07 bits per heavy atom. The Kier molecular flexibility index (Phi) is 5.65. The van der Waals surface area contributed by atoms with Gasteiger partial charge >= 0.3 is 0 Å². The molecule has 0 N–H and O–H groups in total. The van der Waals surface area contributed by atoms with Crippen molar-refractivity contribution in [3.8, 4) is 17.1 Å². The van der Waals surface area contributed by atoms with Gasteiger partial charge in [0.15, 0.2) is 15.7 Å². The number of benzene rings is 2. The number of hydrogen-bond acceptors (Lipinski definition) is 5. The molecule has 0 radical (unpaired) electrons. The van der Waals surface area contributed by atoms with Gasteiger partial charge in [-0.25, -0.2) is 13.1 Å². The molecule has 0 saturated carbocycles. The fourth-order valence-corrected chi connectivity index (χ4v) is 5.86. The van der Waals surface area contributed by atoms with Gasteiger partial charge in [-0.05, 0) is 51.7 Å². The molecule has 3 aromatic rings. The zero-order valence-electron chi connectivity index (χ0n) is 17.4. The second-order valence-corrected chi connectivity index (χ2v) is 10.7. The summed E-state index contributed by atoms with van der Waals surface area (Å²) in [6, 6.07) is 16.4. The molecule has 0 amide bonds. The molecule has 6 nitrogen and oxygen atoms in total. The summed E-state index contributed by atoms with van der Waals surface area (Å²) in [5.74, 6) is 1.22. The Hall–Kier alpha value is -2.29. The third kappa shape index (κ3) is 4.26. The molecule has 30 heavy (non-hydrogen) atoms. The van der Waals surface area contributed by atoms with Crippen molar-refractivity contribution in [3.05, 3.63) is 64.4 Å². The van der Waals surface area contributed by atoms with Crippen molar-refractivity contribution in [1.82, 2.24) is 19.2 Å². The average Bonchev–Trinajstić information content (AvgIpc) is 3.23. The van der Waals surface area contributed by atoms with E-state index >= 15 is 0 Å². The summed E-state index contributed by atoms with van der Waals surface area (Å²) in [6.45, 7) is 4.55. The molecule has 1 aliphatic rings. The van der Waals surface area contributed by atoms with Crippen LogP contribution in [0.25, 0.3) is 17.1 Å². The van der Waals surface area contributed by atoms with Crippen LogP contribution >= 0.6 is 12.2 Å². The van der Waals surface area contributed by atoms with E-state index in [0.717, 1.165) is 17.1 Å². The molecule has 1 saturated heterocycles. The van der Waals surface area contributed by atoms with Crippen LogP contribution in [0.1, 0.15) is 17.5 Å². The van der Waals surface area contributed by atoms with E-state index in [-0.39, 0.29) is 17.5 Å². The second kappa shape index (κ2) is 8.09. The molecule has 1 aromatic heterocycles. The summed E-state index contributed by atoms with van der Waals surface area (Å²) < 4.78 is 28.1. The van der Waals surface area contributed by atoms with Crippen molar-refractivity contribution in [2.45, 2.75) is 33.0 Å². The van der Waals surface area contributed by atoms with Gasteiger partial charge in [0.25, 0.3) is 0 Å². The van der Waals surface area contributed by atoms with Gasteiger partial charge in [-0.3, -0.25) is 9.47 Å². The Bertz CT molecular complexity index is 1210. The Morgan fingerprint density at radius 3 is 2.23 bits per heavy atom. The fourth-order valence-electron chi connectivity index (χ4n) is 3.77. The minimum absolute atomic E-state index is 0.00995. The normalized spacial score (nSPS) is 18.2. The molecule has 0 spiro atoms. The lowest BCUT2D eigenvalue weighted by Crippen LogP contribution is -2.34. The number of aromatic nitrogens is 3. The summed E-state index contributed by atoms with van der Waals surface area (Å²) in [7, 11) is -1.01. The molecule has 8 heteroatoms. The minimum Gasteiger partial charge on any atom is -0.283 e. The van der Waals surface area contributed by atoms with Gasteiger partial charge in [-0.2, -0.15) is 0 Å². The number of sulfone groups is 1. The smallest absolute Gasteiger partial charge is 0.204 e. The molecule has 1 unspecified atom stereocenters. The van der Waals surface area contributed by atoms with E-state index < -0.39 is 9.84 Å². The lowest BCUT2D eigenvalue weighted by atomic mass is 10.1. The predicted molar refractivity (Wildman–Crippen MR) is 122 cm³/mol. The predicted octanol–water partition coefficient (Wildman–Crippen LogP) is 3.76. The molecule has 158 valence electrons. The molecule has 1 fully saturated rings. The molecular weight excluding hydrogens is 416 g/mol. The van der Waals surface area contributed by atoms with Gasteiger partial charge in [-0.15, -0.1) is 5.10 Å². The van der Waals surface area contributed by atoms with E-state index in [4.69, 9.17) is 17.3 Å². The monoisotopic (exact) mass is 442 g/mol. The molecule has 1 atom stereocenters. The summed E-state index contributed by atoms with van der Waals surface area (Å²) in [6.07, 6.45) is 0.648. The summed E-state index contributed by atoms with van der Waals surface area (Å²) in [5.41, 5.74) is 4.30. The van der Waals surface area contributed by atoms with Crippen molar-refractivity contribution in [2.24, 2.45) is 0 Å². The van der Waals surface area contributed by atoms with E-state index in [1.54, 1.807) is 4.68 Å². The van der Waals surface area contributed by atoms with Crippen LogP contribution in [0.3, 0.4) is 0 Å². The first kappa shape index (κ1) is 21.0. The van der Waals surface area contributed by atoms with E-state index in [1.165, 1.54) is 11.1 Å². The number of aryl methyl sites for hydroxylation is 2. The van der Waals surface area contributed by atoms with Crippen LogP contribution in [0, 0.1) is 18.6 Å². The third-order valence-corrected chi connectivity index (χ3v) is 7.77. The quantitative estimate of drug-likeness (QED) is 0.563. The van der Waals surface area contributed by atoms with E-state index in [1.807, 2.05) is 28.6 Å². The van der Waals surface area contributed by atoms with Crippen LogP contribution in [0.5, 0.6) is 0 Å². The topological polar surface area (TPSA) is 60.1 Å². The van der Waals surface area contributed by atoms with Crippen molar-refractivity contribution in [3.63, 3.8) is 0 Å². The number of hydrogen-bond donors (Lipinski definition) is 0. The van der Waals surface area contributed by atoms with Crippen molar-refractivity contribution >= 4 is 22.1 Å². The van der Waals surface area contributed by atoms with E-state index in [0.29, 0.717) is 17.9 Å². The van der Waals surface area contributed by atoms with Gasteiger partial charge in [0.05, 0.1) is 18.2 Å². The second-order valence-electron chi connectivity index (χ2n) is 8.10. The maximum Gasteiger partial charge on any atom is 0.204 e. The minimum atomic E-state index is -2.94. The average molecular weight is 443 g/mol. The first-order valence-electron chi connectivity index (χ1n) is 9.98. The Labute approximate surface area is 182 Å².